The normalized spacial score (nSPS) is 11.2. The van der Waals surface area contributed by atoms with Crippen molar-refractivity contribution in [1.29, 1.82) is 0 Å². The second-order valence-electron chi connectivity index (χ2n) is 7.28. The molecule has 5 rings (SSSR count). The lowest BCUT2D eigenvalue weighted by molar-refractivity contribution is 0.0945. The SMILES string of the molecule is Cc1cnc(CNC(=O)c2ccn(-c3ccc4ccc(-c5cnn(C)c5)cn34)n2)cn1. The number of pyridine rings is 1. The Morgan fingerprint density at radius 3 is 2.65 bits per heavy atom. The summed E-state index contributed by atoms with van der Waals surface area (Å²) in [4.78, 5) is 21.0. The molecular weight excluding hydrogens is 392 g/mol. The lowest BCUT2D eigenvalue weighted by Crippen LogP contribution is -2.24. The van der Waals surface area contributed by atoms with E-state index in [0.29, 0.717) is 17.9 Å². The van der Waals surface area contributed by atoms with Gasteiger partial charge in [-0.15, -0.1) is 0 Å². The van der Waals surface area contributed by atoms with Gasteiger partial charge in [0.15, 0.2) is 5.69 Å². The molecule has 9 nitrogen and oxygen atoms in total. The minimum atomic E-state index is -0.266. The molecule has 0 atom stereocenters. The van der Waals surface area contributed by atoms with Gasteiger partial charge in [-0.1, -0.05) is 6.07 Å². The van der Waals surface area contributed by atoms with Gasteiger partial charge < -0.3 is 9.72 Å². The summed E-state index contributed by atoms with van der Waals surface area (Å²) in [5.74, 6) is 0.572. The number of fused-ring (bicyclic) bond motifs is 1. The van der Waals surface area contributed by atoms with E-state index < -0.39 is 0 Å². The molecule has 0 aromatic carbocycles. The minimum absolute atomic E-state index is 0.266. The smallest absolute Gasteiger partial charge is 0.272 e. The first-order chi connectivity index (χ1) is 15.1. The number of hydrogen-bond acceptors (Lipinski definition) is 5. The number of carbonyl (C=O) groups excluding carboxylic acids is 1. The van der Waals surface area contributed by atoms with Crippen molar-refractivity contribution in [3.8, 4) is 16.9 Å². The van der Waals surface area contributed by atoms with E-state index in [-0.39, 0.29) is 5.91 Å². The molecule has 0 aliphatic heterocycles. The predicted molar refractivity (Wildman–Crippen MR) is 115 cm³/mol. The van der Waals surface area contributed by atoms with Gasteiger partial charge in [-0.2, -0.15) is 10.2 Å². The number of aromatic nitrogens is 7. The fraction of sp³-hybridized carbons (Fsp3) is 0.136. The minimum Gasteiger partial charge on any atom is -0.345 e. The molecule has 0 saturated heterocycles. The van der Waals surface area contributed by atoms with Crippen LogP contribution in [0.3, 0.4) is 0 Å². The van der Waals surface area contributed by atoms with Gasteiger partial charge >= 0.3 is 0 Å². The Bertz CT molecular complexity index is 1380. The molecule has 1 N–H and O–H groups in total. The van der Waals surface area contributed by atoms with Crippen LogP contribution in [0, 0.1) is 6.92 Å². The fourth-order valence-electron chi connectivity index (χ4n) is 3.36. The molecule has 0 bridgehead atoms. The zero-order valence-electron chi connectivity index (χ0n) is 17.1. The van der Waals surface area contributed by atoms with E-state index in [1.807, 2.05) is 55.2 Å². The lowest BCUT2D eigenvalue weighted by atomic mass is 10.1. The Labute approximate surface area is 178 Å². The van der Waals surface area contributed by atoms with Gasteiger partial charge in [0.05, 0.1) is 30.3 Å². The molecule has 0 unspecified atom stereocenters. The van der Waals surface area contributed by atoms with Crippen molar-refractivity contribution in [3.05, 3.63) is 84.6 Å². The molecule has 5 aromatic rings. The van der Waals surface area contributed by atoms with Gasteiger partial charge in [0.25, 0.3) is 5.91 Å². The molecule has 0 aliphatic rings. The maximum absolute atomic E-state index is 12.5. The van der Waals surface area contributed by atoms with Crippen molar-refractivity contribution in [2.24, 2.45) is 7.05 Å². The number of amides is 1. The number of nitrogens with one attached hydrogen (secondary N) is 1. The van der Waals surface area contributed by atoms with Gasteiger partial charge in [0.2, 0.25) is 0 Å². The monoisotopic (exact) mass is 412 g/mol. The number of carbonyl (C=O) groups is 1. The average Bonchev–Trinajstić information content (AvgIpc) is 3.51. The molecule has 5 heterocycles. The zero-order chi connectivity index (χ0) is 21.4. The maximum Gasteiger partial charge on any atom is 0.272 e. The van der Waals surface area contributed by atoms with E-state index in [1.54, 1.807) is 34.0 Å². The third-order valence-corrected chi connectivity index (χ3v) is 4.99. The summed E-state index contributed by atoms with van der Waals surface area (Å²) in [6.45, 7) is 2.16. The molecule has 0 aliphatic carbocycles. The van der Waals surface area contributed by atoms with Crippen LogP contribution in [0.4, 0.5) is 0 Å². The van der Waals surface area contributed by atoms with Crippen LogP contribution in [-0.2, 0) is 13.6 Å². The van der Waals surface area contributed by atoms with Gasteiger partial charge in [-0.05, 0) is 31.2 Å². The average molecular weight is 412 g/mol. The number of rotatable bonds is 5. The van der Waals surface area contributed by atoms with Crippen LogP contribution >= 0.6 is 0 Å². The highest BCUT2D eigenvalue weighted by atomic mass is 16.1. The standard InChI is InChI=1S/C22H20N8O/c1-15-9-24-18(11-23-15)12-25-22(31)20-7-8-30(27-20)21-6-5-19-4-3-16(14-29(19)21)17-10-26-28(2)13-17/h3-11,13-14H,12H2,1-2H3,(H,25,31). The first-order valence-electron chi connectivity index (χ1n) is 9.79. The fourth-order valence-corrected chi connectivity index (χ4v) is 3.36. The Kier molecular flexibility index (Phi) is 4.55. The molecule has 5 aromatic heterocycles. The van der Waals surface area contributed by atoms with Crippen molar-refractivity contribution in [2.45, 2.75) is 13.5 Å². The second-order valence-corrected chi connectivity index (χ2v) is 7.28. The summed E-state index contributed by atoms with van der Waals surface area (Å²) in [7, 11) is 1.89. The Morgan fingerprint density at radius 1 is 1.00 bits per heavy atom. The summed E-state index contributed by atoms with van der Waals surface area (Å²) in [6.07, 6.45) is 10.9. The van der Waals surface area contributed by atoms with E-state index in [0.717, 1.165) is 28.2 Å². The van der Waals surface area contributed by atoms with Crippen LogP contribution in [0.1, 0.15) is 21.9 Å². The molecule has 0 radical (unpaired) electrons. The van der Waals surface area contributed by atoms with Crippen LogP contribution in [0.2, 0.25) is 0 Å². The first-order valence-corrected chi connectivity index (χ1v) is 9.79. The molecule has 154 valence electrons. The number of aryl methyl sites for hydroxylation is 2. The van der Waals surface area contributed by atoms with E-state index in [1.165, 1.54) is 0 Å². The van der Waals surface area contributed by atoms with Crippen molar-refractivity contribution in [3.63, 3.8) is 0 Å². The maximum atomic E-state index is 12.5. The molecule has 0 fully saturated rings. The summed E-state index contributed by atoms with van der Waals surface area (Å²) < 4.78 is 5.51. The lowest BCUT2D eigenvalue weighted by Gasteiger charge is -2.06. The third kappa shape index (κ3) is 3.68. The highest BCUT2D eigenvalue weighted by Crippen LogP contribution is 2.22. The molecule has 1 amide bonds. The highest BCUT2D eigenvalue weighted by molar-refractivity contribution is 5.92. The molecule has 9 heteroatoms. The Morgan fingerprint density at radius 2 is 1.87 bits per heavy atom. The highest BCUT2D eigenvalue weighted by Gasteiger charge is 2.13. The van der Waals surface area contributed by atoms with Crippen molar-refractivity contribution in [2.75, 3.05) is 0 Å². The number of hydrogen-bond donors (Lipinski definition) is 1. The number of nitrogens with zero attached hydrogens (tertiary/aromatic N) is 7. The van der Waals surface area contributed by atoms with Gasteiger partial charge in [0, 0.05) is 48.5 Å². The first kappa shape index (κ1) is 18.7. The zero-order valence-corrected chi connectivity index (χ0v) is 17.1. The summed E-state index contributed by atoms with van der Waals surface area (Å²) in [6, 6.07) is 9.79. The van der Waals surface area contributed by atoms with Crippen molar-refractivity contribution in [1.82, 2.24) is 39.2 Å². The van der Waals surface area contributed by atoms with E-state index in [4.69, 9.17) is 0 Å². The largest absolute Gasteiger partial charge is 0.345 e. The van der Waals surface area contributed by atoms with Gasteiger partial charge in [-0.25, -0.2) is 4.68 Å². The predicted octanol–water partition coefficient (Wildman–Crippen LogP) is 2.55. The van der Waals surface area contributed by atoms with Crippen LogP contribution in [0.5, 0.6) is 0 Å². The summed E-state index contributed by atoms with van der Waals surface area (Å²) >= 11 is 0. The Balaban J connectivity index is 1.38. The van der Waals surface area contributed by atoms with Gasteiger partial charge in [-0.3, -0.25) is 19.4 Å². The summed E-state index contributed by atoms with van der Waals surface area (Å²) in [5.41, 5.74) is 4.96. The van der Waals surface area contributed by atoms with Crippen LogP contribution < -0.4 is 5.32 Å². The van der Waals surface area contributed by atoms with E-state index in [9.17, 15) is 4.79 Å². The quantitative estimate of drug-likeness (QED) is 0.479. The van der Waals surface area contributed by atoms with E-state index >= 15 is 0 Å². The topological polar surface area (TPSA) is 94.9 Å². The van der Waals surface area contributed by atoms with Crippen LogP contribution in [0.25, 0.3) is 22.5 Å². The molecule has 31 heavy (non-hydrogen) atoms. The van der Waals surface area contributed by atoms with E-state index in [2.05, 4.69) is 31.5 Å². The second kappa shape index (κ2) is 7.52. The molecular formula is C22H20N8O. The molecule has 0 saturated carbocycles. The third-order valence-electron chi connectivity index (χ3n) is 4.99. The Hall–Kier alpha value is -4.27. The van der Waals surface area contributed by atoms with Crippen molar-refractivity contribution < 1.29 is 4.79 Å². The summed E-state index contributed by atoms with van der Waals surface area (Å²) in [5, 5.41) is 11.5. The van der Waals surface area contributed by atoms with Gasteiger partial charge in [0.1, 0.15) is 5.82 Å². The molecule has 0 spiro atoms. The van der Waals surface area contributed by atoms with Crippen LogP contribution in [0.15, 0.2) is 67.5 Å². The van der Waals surface area contributed by atoms with Crippen LogP contribution in [-0.4, -0.2) is 39.8 Å². The van der Waals surface area contributed by atoms with Crippen molar-refractivity contribution >= 4 is 11.4 Å².